The summed E-state index contributed by atoms with van der Waals surface area (Å²) in [6.07, 6.45) is 4.50. The molecule has 1 saturated carbocycles. The van der Waals surface area contributed by atoms with Gasteiger partial charge in [0, 0.05) is 0 Å². The van der Waals surface area contributed by atoms with E-state index in [9.17, 15) is 8.78 Å². The topological polar surface area (TPSA) is 26.0 Å². The van der Waals surface area contributed by atoms with Crippen molar-refractivity contribution in [2.24, 2.45) is 17.6 Å². The molecule has 0 bridgehead atoms. The summed E-state index contributed by atoms with van der Waals surface area (Å²) in [4.78, 5) is 0. The zero-order chi connectivity index (χ0) is 13.1. The molecule has 0 amide bonds. The molecule has 0 aromatic heterocycles. The third kappa shape index (κ3) is 2.72. The highest BCUT2D eigenvalue weighted by atomic mass is 19.2. The molecule has 2 N–H and O–H groups in total. The van der Waals surface area contributed by atoms with Gasteiger partial charge in [0.05, 0.1) is 0 Å². The Morgan fingerprint density at radius 3 is 2.61 bits per heavy atom. The Kier molecular flexibility index (Phi) is 4.33. The average molecular weight is 253 g/mol. The minimum absolute atomic E-state index is 0.281. The smallest absolute Gasteiger partial charge is 0.159 e. The van der Waals surface area contributed by atoms with Gasteiger partial charge >= 0.3 is 0 Å². The van der Waals surface area contributed by atoms with Gasteiger partial charge in [0.1, 0.15) is 0 Å². The predicted octanol–water partition coefficient (Wildman–Crippen LogP) is 3.83. The van der Waals surface area contributed by atoms with E-state index in [-0.39, 0.29) is 5.92 Å². The molecular weight excluding hydrogens is 232 g/mol. The molecule has 1 fully saturated rings. The normalized spacial score (nSPS) is 28.3. The molecule has 3 heteroatoms. The SMILES string of the molecule is CCC1CCC(CN)C(c2ccc(F)c(F)c2)C1. The van der Waals surface area contributed by atoms with Gasteiger partial charge < -0.3 is 5.73 Å². The highest BCUT2D eigenvalue weighted by Gasteiger charge is 2.30. The zero-order valence-corrected chi connectivity index (χ0v) is 10.8. The van der Waals surface area contributed by atoms with Crippen LogP contribution in [0.1, 0.15) is 44.1 Å². The Morgan fingerprint density at radius 1 is 1.22 bits per heavy atom. The van der Waals surface area contributed by atoms with Crippen molar-refractivity contribution in [2.45, 2.75) is 38.5 Å². The number of hydrogen-bond acceptors (Lipinski definition) is 1. The van der Waals surface area contributed by atoms with E-state index in [2.05, 4.69) is 6.92 Å². The molecule has 18 heavy (non-hydrogen) atoms. The minimum Gasteiger partial charge on any atom is -0.330 e. The maximum atomic E-state index is 13.3. The Balaban J connectivity index is 2.23. The van der Waals surface area contributed by atoms with Crippen LogP contribution in [0.2, 0.25) is 0 Å². The van der Waals surface area contributed by atoms with Gasteiger partial charge in [-0.15, -0.1) is 0 Å². The van der Waals surface area contributed by atoms with E-state index in [1.54, 1.807) is 6.07 Å². The van der Waals surface area contributed by atoms with Crippen LogP contribution in [0.3, 0.4) is 0 Å². The van der Waals surface area contributed by atoms with Crippen molar-refractivity contribution in [3.05, 3.63) is 35.4 Å². The maximum Gasteiger partial charge on any atom is 0.159 e. The molecule has 0 aliphatic heterocycles. The average Bonchev–Trinajstić information content (AvgIpc) is 2.41. The standard InChI is InChI=1S/C15H21F2N/c1-2-10-3-4-12(9-18)13(7-10)11-5-6-14(16)15(17)8-11/h5-6,8,10,12-13H,2-4,7,9,18H2,1H3. The lowest BCUT2D eigenvalue weighted by Gasteiger charge is -2.35. The van der Waals surface area contributed by atoms with Crippen molar-refractivity contribution < 1.29 is 8.78 Å². The molecule has 0 spiro atoms. The van der Waals surface area contributed by atoms with E-state index in [4.69, 9.17) is 5.73 Å². The maximum absolute atomic E-state index is 13.3. The van der Waals surface area contributed by atoms with Gasteiger partial charge in [-0.1, -0.05) is 25.8 Å². The largest absolute Gasteiger partial charge is 0.330 e. The lowest BCUT2D eigenvalue weighted by atomic mass is 9.70. The second-order valence-electron chi connectivity index (χ2n) is 5.36. The fourth-order valence-electron chi connectivity index (χ4n) is 3.12. The summed E-state index contributed by atoms with van der Waals surface area (Å²) in [6, 6.07) is 4.29. The summed E-state index contributed by atoms with van der Waals surface area (Å²) in [6.45, 7) is 2.82. The molecule has 1 aromatic rings. The highest BCUT2D eigenvalue weighted by Crippen LogP contribution is 2.41. The van der Waals surface area contributed by atoms with Crippen LogP contribution in [-0.4, -0.2) is 6.54 Å². The zero-order valence-electron chi connectivity index (χ0n) is 10.8. The van der Waals surface area contributed by atoms with E-state index in [1.807, 2.05) is 0 Å². The first kappa shape index (κ1) is 13.5. The number of nitrogens with two attached hydrogens (primary N) is 1. The first-order valence-corrected chi connectivity index (χ1v) is 6.80. The number of hydrogen-bond donors (Lipinski definition) is 1. The summed E-state index contributed by atoms with van der Waals surface area (Å²) in [5, 5.41) is 0. The Labute approximate surface area is 107 Å². The van der Waals surface area contributed by atoms with Crippen LogP contribution in [0, 0.1) is 23.5 Å². The van der Waals surface area contributed by atoms with Crippen LogP contribution in [-0.2, 0) is 0 Å². The van der Waals surface area contributed by atoms with Crippen LogP contribution >= 0.6 is 0 Å². The van der Waals surface area contributed by atoms with Crippen LogP contribution in [0.25, 0.3) is 0 Å². The summed E-state index contributed by atoms with van der Waals surface area (Å²) in [7, 11) is 0. The molecule has 2 rings (SSSR count). The van der Waals surface area contributed by atoms with Crippen molar-refractivity contribution in [3.8, 4) is 0 Å². The van der Waals surface area contributed by atoms with Crippen molar-refractivity contribution >= 4 is 0 Å². The quantitative estimate of drug-likeness (QED) is 0.870. The van der Waals surface area contributed by atoms with E-state index < -0.39 is 11.6 Å². The van der Waals surface area contributed by atoms with E-state index in [0.717, 1.165) is 24.8 Å². The molecule has 100 valence electrons. The lowest BCUT2D eigenvalue weighted by Crippen LogP contribution is -2.29. The summed E-state index contributed by atoms with van der Waals surface area (Å²) < 4.78 is 26.3. The van der Waals surface area contributed by atoms with Crippen LogP contribution in [0.15, 0.2) is 18.2 Å². The fourth-order valence-corrected chi connectivity index (χ4v) is 3.12. The third-order valence-electron chi connectivity index (χ3n) is 4.35. The molecule has 1 aromatic carbocycles. The van der Waals surface area contributed by atoms with Crippen molar-refractivity contribution in [1.82, 2.24) is 0 Å². The van der Waals surface area contributed by atoms with Crippen molar-refractivity contribution in [1.29, 1.82) is 0 Å². The third-order valence-corrected chi connectivity index (χ3v) is 4.35. The summed E-state index contributed by atoms with van der Waals surface area (Å²) in [5.74, 6) is -0.153. The molecule has 3 atom stereocenters. The van der Waals surface area contributed by atoms with Gasteiger partial charge in [-0.25, -0.2) is 8.78 Å². The van der Waals surface area contributed by atoms with Crippen LogP contribution < -0.4 is 5.73 Å². The van der Waals surface area contributed by atoms with Crippen molar-refractivity contribution in [2.75, 3.05) is 6.54 Å². The minimum atomic E-state index is -0.772. The lowest BCUT2D eigenvalue weighted by molar-refractivity contribution is 0.235. The predicted molar refractivity (Wildman–Crippen MR) is 69.3 cm³/mol. The van der Waals surface area contributed by atoms with E-state index in [0.29, 0.717) is 18.4 Å². The first-order chi connectivity index (χ1) is 8.65. The molecule has 1 aliphatic carbocycles. The first-order valence-electron chi connectivity index (χ1n) is 6.80. The van der Waals surface area contributed by atoms with Gasteiger partial charge in [-0.05, 0) is 54.8 Å². The summed E-state index contributed by atoms with van der Waals surface area (Å²) >= 11 is 0. The van der Waals surface area contributed by atoms with Crippen molar-refractivity contribution in [3.63, 3.8) is 0 Å². The molecule has 3 unspecified atom stereocenters. The monoisotopic (exact) mass is 253 g/mol. The van der Waals surface area contributed by atoms with Gasteiger partial charge in [-0.2, -0.15) is 0 Å². The molecule has 0 saturated heterocycles. The van der Waals surface area contributed by atoms with Gasteiger partial charge in [0.2, 0.25) is 0 Å². The molecule has 1 aliphatic rings. The van der Waals surface area contributed by atoms with Crippen LogP contribution in [0.4, 0.5) is 8.78 Å². The summed E-state index contributed by atoms with van der Waals surface area (Å²) in [5.41, 5.74) is 6.72. The Hall–Kier alpha value is -0.960. The number of halogens is 2. The highest BCUT2D eigenvalue weighted by molar-refractivity contribution is 5.23. The van der Waals surface area contributed by atoms with Gasteiger partial charge in [-0.3, -0.25) is 0 Å². The molecule has 1 nitrogen and oxygen atoms in total. The van der Waals surface area contributed by atoms with Gasteiger partial charge in [0.15, 0.2) is 11.6 Å². The molecule has 0 heterocycles. The Morgan fingerprint density at radius 2 is 2.00 bits per heavy atom. The van der Waals surface area contributed by atoms with E-state index >= 15 is 0 Å². The van der Waals surface area contributed by atoms with E-state index in [1.165, 1.54) is 18.6 Å². The second kappa shape index (κ2) is 5.79. The Bertz CT molecular complexity index is 405. The van der Waals surface area contributed by atoms with Crippen LogP contribution in [0.5, 0.6) is 0 Å². The number of rotatable bonds is 3. The second-order valence-corrected chi connectivity index (χ2v) is 5.36. The fraction of sp³-hybridized carbons (Fsp3) is 0.600. The molecule has 0 radical (unpaired) electrons. The van der Waals surface area contributed by atoms with Gasteiger partial charge in [0.25, 0.3) is 0 Å². The number of benzene rings is 1. The molecular formula is C15H21F2N.